The Labute approximate surface area is 122 Å². The second-order valence-corrected chi connectivity index (χ2v) is 4.79. The highest BCUT2D eigenvalue weighted by Crippen LogP contribution is 2.17. The minimum absolute atomic E-state index is 0.0850. The Morgan fingerprint density at radius 2 is 1.90 bits per heavy atom. The van der Waals surface area contributed by atoms with Gasteiger partial charge in [-0.3, -0.25) is 9.59 Å². The molecule has 1 aromatic heterocycles. The number of nitrogens with zero attached hydrogens (tertiary/aromatic N) is 1. The molecule has 2 aromatic carbocycles. The minimum atomic E-state index is -0.0850. The monoisotopic (exact) mass is 278 g/mol. The molecule has 1 amide bonds. The number of carbonyl (C=O) groups is 2. The lowest BCUT2D eigenvalue weighted by atomic mass is 10.2. The Kier molecular flexibility index (Phi) is 3.51. The zero-order valence-electron chi connectivity index (χ0n) is 11.3. The van der Waals surface area contributed by atoms with Gasteiger partial charge in [-0.1, -0.05) is 18.2 Å². The van der Waals surface area contributed by atoms with Crippen molar-refractivity contribution in [2.45, 2.75) is 6.54 Å². The number of carbonyl (C=O) groups excluding carboxylic acids is 2. The largest absolute Gasteiger partial charge is 0.338 e. The lowest BCUT2D eigenvalue weighted by Gasteiger charge is -2.07. The highest BCUT2D eigenvalue weighted by molar-refractivity contribution is 5.93. The normalized spacial score (nSPS) is 10.5. The quantitative estimate of drug-likeness (QED) is 0.746. The standard InChI is InChI=1S/C17H14N2O2/c20-12-13-6-7-16-14(10-13)8-9-19(16)11-17(21)18-15-4-2-1-3-5-15/h1-10,12H,11H2,(H,18,21). The zero-order chi connectivity index (χ0) is 14.7. The van der Waals surface area contributed by atoms with Crippen LogP contribution < -0.4 is 5.32 Å². The van der Waals surface area contributed by atoms with Crippen molar-refractivity contribution >= 4 is 28.8 Å². The van der Waals surface area contributed by atoms with E-state index in [1.54, 1.807) is 6.07 Å². The van der Waals surface area contributed by atoms with E-state index < -0.39 is 0 Å². The van der Waals surface area contributed by atoms with Gasteiger partial charge in [-0.2, -0.15) is 0 Å². The molecule has 0 aliphatic carbocycles. The summed E-state index contributed by atoms with van der Waals surface area (Å²) < 4.78 is 1.86. The number of hydrogen-bond donors (Lipinski definition) is 1. The first-order valence-electron chi connectivity index (χ1n) is 6.65. The molecule has 0 spiro atoms. The maximum atomic E-state index is 12.1. The maximum absolute atomic E-state index is 12.1. The van der Waals surface area contributed by atoms with Crippen LogP contribution >= 0.6 is 0 Å². The first-order chi connectivity index (χ1) is 10.3. The van der Waals surface area contributed by atoms with Crippen molar-refractivity contribution in [3.63, 3.8) is 0 Å². The third-order valence-corrected chi connectivity index (χ3v) is 3.30. The molecule has 4 heteroatoms. The molecule has 0 radical (unpaired) electrons. The molecule has 0 fully saturated rings. The number of amides is 1. The van der Waals surface area contributed by atoms with Crippen LogP contribution in [0.1, 0.15) is 10.4 Å². The van der Waals surface area contributed by atoms with Gasteiger partial charge in [0.25, 0.3) is 0 Å². The van der Waals surface area contributed by atoms with Gasteiger partial charge < -0.3 is 9.88 Å². The van der Waals surface area contributed by atoms with Crippen LogP contribution in [0.15, 0.2) is 60.8 Å². The molecule has 0 aliphatic rings. The number of benzene rings is 2. The summed E-state index contributed by atoms with van der Waals surface area (Å²) in [6, 6.07) is 16.7. The number of nitrogens with one attached hydrogen (secondary N) is 1. The summed E-state index contributed by atoms with van der Waals surface area (Å²) in [7, 11) is 0. The molecule has 0 unspecified atom stereocenters. The van der Waals surface area contributed by atoms with Crippen LogP contribution in [0.2, 0.25) is 0 Å². The van der Waals surface area contributed by atoms with Crippen molar-refractivity contribution in [2.75, 3.05) is 5.32 Å². The lowest BCUT2D eigenvalue weighted by Crippen LogP contribution is -2.18. The van der Waals surface area contributed by atoms with Gasteiger partial charge in [0.05, 0.1) is 0 Å². The van der Waals surface area contributed by atoms with E-state index in [1.807, 2.05) is 59.3 Å². The third kappa shape index (κ3) is 2.84. The average molecular weight is 278 g/mol. The Balaban J connectivity index is 1.78. The van der Waals surface area contributed by atoms with E-state index in [2.05, 4.69) is 5.32 Å². The summed E-state index contributed by atoms with van der Waals surface area (Å²) in [5.41, 5.74) is 2.35. The minimum Gasteiger partial charge on any atom is -0.338 e. The van der Waals surface area contributed by atoms with E-state index in [-0.39, 0.29) is 12.5 Å². The molecule has 4 nitrogen and oxygen atoms in total. The van der Waals surface area contributed by atoms with Crippen molar-refractivity contribution in [2.24, 2.45) is 0 Å². The highest BCUT2D eigenvalue weighted by atomic mass is 16.2. The smallest absolute Gasteiger partial charge is 0.244 e. The van der Waals surface area contributed by atoms with Crippen LogP contribution in [0.5, 0.6) is 0 Å². The second-order valence-electron chi connectivity index (χ2n) is 4.79. The molecule has 1 heterocycles. The first kappa shape index (κ1) is 13.1. The van der Waals surface area contributed by atoms with Crippen LogP contribution in [0.25, 0.3) is 10.9 Å². The summed E-state index contributed by atoms with van der Waals surface area (Å²) in [6.07, 6.45) is 2.67. The van der Waals surface area contributed by atoms with Gasteiger partial charge in [0.2, 0.25) is 5.91 Å². The van der Waals surface area contributed by atoms with Crippen molar-refractivity contribution < 1.29 is 9.59 Å². The van der Waals surface area contributed by atoms with E-state index in [9.17, 15) is 9.59 Å². The Morgan fingerprint density at radius 1 is 1.10 bits per heavy atom. The molecule has 21 heavy (non-hydrogen) atoms. The number of fused-ring (bicyclic) bond motifs is 1. The lowest BCUT2D eigenvalue weighted by molar-refractivity contribution is -0.116. The highest BCUT2D eigenvalue weighted by Gasteiger charge is 2.07. The summed E-state index contributed by atoms with van der Waals surface area (Å²) >= 11 is 0. The third-order valence-electron chi connectivity index (χ3n) is 3.30. The predicted octanol–water partition coefficient (Wildman–Crippen LogP) is 3.09. The molecule has 0 saturated heterocycles. The Morgan fingerprint density at radius 3 is 2.67 bits per heavy atom. The van der Waals surface area contributed by atoms with E-state index in [4.69, 9.17) is 0 Å². The number of para-hydroxylation sites is 1. The van der Waals surface area contributed by atoms with Gasteiger partial charge in [-0.25, -0.2) is 0 Å². The van der Waals surface area contributed by atoms with Crippen LogP contribution in [-0.4, -0.2) is 16.8 Å². The molecule has 0 atom stereocenters. The number of hydrogen-bond acceptors (Lipinski definition) is 2. The molecule has 3 aromatic rings. The van der Waals surface area contributed by atoms with Crippen molar-refractivity contribution in [1.29, 1.82) is 0 Å². The molecule has 0 saturated carbocycles. The Hall–Kier alpha value is -2.88. The molecular weight excluding hydrogens is 264 g/mol. The second kappa shape index (κ2) is 5.63. The van der Waals surface area contributed by atoms with Crippen LogP contribution in [0.4, 0.5) is 5.69 Å². The van der Waals surface area contributed by atoms with E-state index in [1.165, 1.54) is 0 Å². The summed E-state index contributed by atoms with van der Waals surface area (Å²) in [4.78, 5) is 22.8. The summed E-state index contributed by atoms with van der Waals surface area (Å²) in [6.45, 7) is 0.235. The zero-order valence-corrected chi connectivity index (χ0v) is 11.3. The van der Waals surface area contributed by atoms with Crippen LogP contribution in [0.3, 0.4) is 0 Å². The fourth-order valence-corrected chi connectivity index (χ4v) is 2.31. The van der Waals surface area contributed by atoms with Crippen molar-refractivity contribution in [1.82, 2.24) is 4.57 Å². The summed E-state index contributed by atoms with van der Waals surface area (Å²) in [5, 5.41) is 3.80. The Bertz CT molecular complexity index is 791. The number of aromatic nitrogens is 1. The number of anilines is 1. The molecule has 3 rings (SSSR count). The van der Waals surface area contributed by atoms with Gasteiger partial charge in [0.1, 0.15) is 12.8 Å². The van der Waals surface area contributed by atoms with Gasteiger partial charge in [0.15, 0.2) is 0 Å². The molecule has 104 valence electrons. The fourth-order valence-electron chi connectivity index (χ4n) is 2.31. The van der Waals surface area contributed by atoms with E-state index >= 15 is 0 Å². The van der Waals surface area contributed by atoms with Gasteiger partial charge >= 0.3 is 0 Å². The fraction of sp³-hybridized carbons (Fsp3) is 0.0588. The van der Waals surface area contributed by atoms with E-state index in [0.717, 1.165) is 22.9 Å². The molecular formula is C17H14N2O2. The SMILES string of the molecule is O=Cc1ccc2c(ccn2CC(=O)Nc2ccccc2)c1. The average Bonchev–Trinajstić information content (AvgIpc) is 2.90. The topological polar surface area (TPSA) is 51.1 Å². The van der Waals surface area contributed by atoms with Crippen LogP contribution in [-0.2, 0) is 11.3 Å². The van der Waals surface area contributed by atoms with Gasteiger partial charge in [-0.05, 0) is 36.4 Å². The maximum Gasteiger partial charge on any atom is 0.244 e. The number of aldehydes is 1. The molecule has 0 aliphatic heterocycles. The predicted molar refractivity (Wildman–Crippen MR) is 82.4 cm³/mol. The molecule has 0 bridgehead atoms. The van der Waals surface area contributed by atoms with Crippen LogP contribution in [0, 0.1) is 0 Å². The first-order valence-corrected chi connectivity index (χ1v) is 6.65. The van der Waals surface area contributed by atoms with E-state index in [0.29, 0.717) is 5.56 Å². The molecule has 1 N–H and O–H groups in total. The van der Waals surface area contributed by atoms with Crippen molar-refractivity contribution in [3.05, 3.63) is 66.4 Å². The van der Waals surface area contributed by atoms with Crippen molar-refractivity contribution in [3.8, 4) is 0 Å². The summed E-state index contributed by atoms with van der Waals surface area (Å²) in [5.74, 6) is -0.0850. The number of rotatable bonds is 4. The van der Waals surface area contributed by atoms with Gasteiger partial charge in [0, 0.05) is 28.4 Å². The van der Waals surface area contributed by atoms with Gasteiger partial charge in [-0.15, -0.1) is 0 Å².